The number of nitrogens with one attached hydrogen (secondary N) is 2. The fraction of sp³-hybridized carbons (Fsp3) is 0.385. The summed E-state index contributed by atoms with van der Waals surface area (Å²) >= 11 is 9.14. The lowest BCUT2D eigenvalue weighted by Crippen LogP contribution is -2.42. The Bertz CT molecular complexity index is 708. The van der Waals surface area contributed by atoms with Gasteiger partial charge in [-0.05, 0) is 30.5 Å². The van der Waals surface area contributed by atoms with E-state index in [2.05, 4.69) is 26.8 Å². The van der Waals surface area contributed by atoms with Gasteiger partial charge in [0.2, 0.25) is 5.91 Å². The Balaban J connectivity index is 1.86. The summed E-state index contributed by atoms with van der Waals surface area (Å²) in [5.41, 5.74) is 4.76. The van der Waals surface area contributed by atoms with E-state index in [0.29, 0.717) is 10.9 Å². The molecule has 22 heavy (non-hydrogen) atoms. The van der Waals surface area contributed by atoms with Gasteiger partial charge < -0.3 is 0 Å². The Morgan fingerprint density at radius 2 is 2.05 bits per heavy atom. The molecule has 1 saturated heterocycles. The minimum absolute atomic E-state index is 0.0197. The first-order chi connectivity index (χ1) is 10.3. The number of sulfone groups is 1. The van der Waals surface area contributed by atoms with E-state index in [4.69, 9.17) is 11.6 Å². The number of halogens is 2. The highest BCUT2D eigenvalue weighted by Gasteiger charge is 2.29. The molecule has 2 rings (SSSR count). The van der Waals surface area contributed by atoms with Gasteiger partial charge in [-0.3, -0.25) is 20.4 Å². The molecule has 1 aliphatic rings. The van der Waals surface area contributed by atoms with Crippen LogP contribution < -0.4 is 10.9 Å². The number of hydrogen-bond donors (Lipinski definition) is 2. The highest BCUT2D eigenvalue weighted by molar-refractivity contribution is 9.10. The van der Waals surface area contributed by atoms with Crippen molar-refractivity contribution in [3.8, 4) is 0 Å². The van der Waals surface area contributed by atoms with Crippen LogP contribution in [0, 0.1) is 5.92 Å². The van der Waals surface area contributed by atoms with Crippen molar-refractivity contribution in [3.63, 3.8) is 0 Å². The number of carbonyl (C=O) groups is 2. The van der Waals surface area contributed by atoms with Crippen LogP contribution in [0.4, 0.5) is 0 Å². The van der Waals surface area contributed by atoms with Crippen LogP contribution in [-0.4, -0.2) is 31.7 Å². The quantitative estimate of drug-likeness (QED) is 0.743. The van der Waals surface area contributed by atoms with Gasteiger partial charge in [-0.15, -0.1) is 0 Å². The van der Waals surface area contributed by atoms with Gasteiger partial charge in [0.25, 0.3) is 5.91 Å². The third-order valence-electron chi connectivity index (χ3n) is 3.29. The van der Waals surface area contributed by atoms with Gasteiger partial charge in [-0.25, -0.2) is 8.42 Å². The van der Waals surface area contributed by atoms with Crippen LogP contribution in [0.25, 0.3) is 0 Å². The summed E-state index contributed by atoms with van der Waals surface area (Å²) in [7, 11) is -3.02. The maximum atomic E-state index is 11.9. The third kappa shape index (κ3) is 4.69. The SMILES string of the molecule is O=C(C[C@@H]1CCS(=O)(=O)C1)NNC(=O)c1cc(Br)ccc1Cl. The summed E-state index contributed by atoms with van der Waals surface area (Å²) in [5.74, 6) is -1.03. The molecule has 1 atom stereocenters. The Labute approximate surface area is 141 Å². The zero-order valence-corrected chi connectivity index (χ0v) is 14.6. The lowest BCUT2D eigenvalue weighted by Gasteiger charge is -2.11. The molecule has 0 radical (unpaired) electrons. The highest BCUT2D eigenvalue weighted by Crippen LogP contribution is 2.22. The van der Waals surface area contributed by atoms with Crippen molar-refractivity contribution in [3.05, 3.63) is 33.3 Å². The number of hydrazine groups is 1. The second-order valence-corrected chi connectivity index (χ2v) is 8.65. The predicted molar refractivity (Wildman–Crippen MR) is 86.1 cm³/mol. The molecule has 0 bridgehead atoms. The van der Waals surface area contributed by atoms with Crippen molar-refractivity contribution in [1.82, 2.24) is 10.9 Å². The molecule has 1 fully saturated rings. The van der Waals surface area contributed by atoms with Gasteiger partial charge >= 0.3 is 0 Å². The van der Waals surface area contributed by atoms with Crippen LogP contribution in [-0.2, 0) is 14.6 Å². The molecule has 1 aromatic rings. The van der Waals surface area contributed by atoms with Crippen LogP contribution >= 0.6 is 27.5 Å². The largest absolute Gasteiger partial charge is 0.273 e. The van der Waals surface area contributed by atoms with Crippen molar-refractivity contribution < 1.29 is 18.0 Å². The minimum Gasteiger partial charge on any atom is -0.273 e. The van der Waals surface area contributed by atoms with Crippen LogP contribution in [0.3, 0.4) is 0 Å². The maximum Gasteiger partial charge on any atom is 0.271 e. The molecule has 1 aliphatic heterocycles. The maximum absolute atomic E-state index is 11.9. The number of carbonyl (C=O) groups excluding carboxylic acids is 2. The van der Waals surface area contributed by atoms with Gasteiger partial charge in [0, 0.05) is 10.9 Å². The van der Waals surface area contributed by atoms with Crippen LogP contribution in [0.15, 0.2) is 22.7 Å². The van der Waals surface area contributed by atoms with Gasteiger partial charge in [-0.1, -0.05) is 27.5 Å². The van der Waals surface area contributed by atoms with Crippen molar-refractivity contribution in [1.29, 1.82) is 0 Å². The highest BCUT2D eigenvalue weighted by atomic mass is 79.9. The van der Waals surface area contributed by atoms with E-state index in [1.54, 1.807) is 12.1 Å². The van der Waals surface area contributed by atoms with E-state index < -0.39 is 21.7 Å². The number of amides is 2. The average molecular weight is 410 g/mol. The van der Waals surface area contributed by atoms with Crippen molar-refractivity contribution in [2.75, 3.05) is 11.5 Å². The Morgan fingerprint density at radius 3 is 2.68 bits per heavy atom. The number of hydrogen-bond acceptors (Lipinski definition) is 4. The molecule has 0 spiro atoms. The van der Waals surface area contributed by atoms with Gasteiger partial charge in [-0.2, -0.15) is 0 Å². The molecular formula is C13H14BrClN2O4S. The first kappa shape index (κ1) is 17.2. The normalized spacial score (nSPS) is 19.6. The molecule has 0 aliphatic carbocycles. The van der Waals surface area contributed by atoms with Crippen LogP contribution in [0.1, 0.15) is 23.2 Å². The first-order valence-electron chi connectivity index (χ1n) is 6.51. The second-order valence-electron chi connectivity index (χ2n) is 5.10. The lowest BCUT2D eigenvalue weighted by molar-refractivity contribution is -0.122. The smallest absolute Gasteiger partial charge is 0.271 e. The van der Waals surface area contributed by atoms with E-state index >= 15 is 0 Å². The standard InChI is InChI=1S/C13H14BrClN2O4S/c14-9-1-2-11(15)10(6-9)13(19)17-16-12(18)5-8-3-4-22(20,21)7-8/h1-2,6,8H,3-5,7H2,(H,16,18)(H,17,19)/t8-/m0/s1. The molecule has 1 heterocycles. The van der Waals surface area contributed by atoms with E-state index in [1.807, 2.05) is 0 Å². The Kier molecular flexibility index (Phi) is 5.46. The van der Waals surface area contributed by atoms with Crippen LogP contribution in [0.2, 0.25) is 5.02 Å². The van der Waals surface area contributed by atoms with E-state index in [0.717, 1.165) is 0 Å². The Hall–Kier alpha value is -1.12. The topological polar surface area (TPSA) is 92.3 Å². The van der Waals surface area contributed by atoms with E-state index in [-0.39, 0.29) is 34.4 Å². The summed E-state index contributed by atoms with van der Waals surface area (Å²) in [5, 5.41) is 0.261. The molecule has 0 aromatic heterocycles. The van der Waals surface area contributed by atoms with Gasteiger partial charge in [0.05, 0.1) is 22.1 Å². The molecule has 2 amide bonds. The molecule has 9 heteroatoms. The summed E-state index contributed by atoms with van der Waals surface area (Å²) in [4.78, 5) is 23.7. The fourth-order valence-corrected chi connectivity index (χ4v) is 4.64. The molecule has 2 N–H and O–H groups in total. The van der Waals surface area contributed by atoms with E-state index in [1.165, 1.54) is 6.07 Å². The minimum atomic E-state index is -3.02. The number of benzene rings is 1. The summed E-state index contributed by atoms with van der Waals surface area (Å²) in [6, 6.07) is 4.79. The number of rotatable bonds is 3. The third-order valence-corrected chi connectivity index (χ3v) is 5.95. The molecule has 0 unspecified atom stereocenters. The van der Waals surface area contributed by atoms with E-state index in [9.17, 15) is 18.0 Å². The summed E-state index contributed by atoms with van der Waals surface area (Å²) in [6.07, 6.45) is 0.535. The van der Waals surface area contributed by atoms with Gasteiger partial charge in [0.1, 0.15) is 0 Å². The molecule has 1 aromatic carbocycles. The molecule has 120 valence electrons. The Morgan fingerprint density at radius 1 is 1.32 bits per heavy atom. The van der Waals surface area contributed by atoms with Gasteiger partial charge in [0.15, 0.2) is 9.84 Å². The second kappa shape index (κ2) is 6.97. The van der Waals surface area contributed by atoms with Crippen molar-refractivity contribution in [2.45, 2.75) is 12.8 Å². The zero-order valence-electron chi connectivity index (χ0n) is 11.4. The van der Waals surface area contributed by atoms with Crippen molar-refractivity contribution >= 4 is 49.2 Å². The van der Waals surface area contributed by atoms with Crippen LogP contribution in [0.5, 0.6) is 0 Å². The van der Waals surface area contributed by atoms with Crippen molar-refractivity contribution in [2.24, 2.45) is 5.92 Å². The molecule has 0 saturated carbocycles. The fourth-order valence-electron chi connectivity index (χ4n) is 2.21. The zero-order chi connectivity index (χ0) is 16.3. The monoisotopic (exact) mass is 408 g/mol. The average Bonchev–Trinajstić information content (AvgIpc) is 2.78. The molecular weight excluding hydrogens is 396 g/mol. The predicted octanol–water partition coefficient (Wildman–Crippen LogP) is 1.69. The lowest BCUT2D eigenvalue weighted by atomic mass is 10.1. The summed E-state index contributed by atoms with van der Waals surface area (Å²) in [6.45, 7) is 0. The first-order valence-corrected chi connectivity index (χ1v) is 9.51. The molecule has 6 nitrogen and oxygen atoms in total. The summed E-state index contributed by atoms with van der Waals surface area (Å²) < 4.78 is 23.3.